The number of thioether (sulfide) groups is 1. The molecular formula is C16H12ClN5O3S2. The molecule has 2 aromatic carbocycles. The average Bonchev–Trinajstić information content (AvgIpc) is 3.06. The minimum atomic E-state index is -0.645. The fourth-order valence-electron chi connectivity index (χ4n) is 2.21. The molecule has 0 bridgehead atoms. The van der Waals surface area contributed by atoms with Crippen molar-refractivity contribution in [1.82, 2.24) is 10.2 Å². The van der Waals surface area contributed by atoms with Gasteiger partial charge < -0.3 is 11.1 Å². The molecule has 27 heavy (non-hydrogen) atoms. The second-order valence-electron chi connectivity index (χ2n) is 5.23. The standard InChI is InChI=1S/C16H12ClN5O3S2/c17-11-7-6-10(8-12(11)22(24)25)19-14(23)13(9-4-2-1-3-5-9)26-16-21-20-15(18)27-16/h1-8,13H,(H2,18,20)(H,19,23). The largest absolute Gasteiger partial charge is 0.374 e. The van der Waals surface area contributed by atoms with Crippen LogP contribution in [0, 0.1) is 10.1 Å². The molecule has 0 fully saturated rings. The van der Waals surface area contributed by atoms with Crippen LogP contribution in [0.5, 0.6) is 0 Å². The van der Waals surface area contributed by atoms with Crippen LogP contribution in [0.25, 0.3) is 0 Å². The highest BCUT2D eigenvalue weighted by atomic mass is 35.5. The first-order valence-electron chi connectivity index (χ1n) is 7.49. The highest BCUT2D eigenvalue weighted by molar-refractivity contribution is 8.02. The van der Waals surface area contributed by atoms with E-state index in [9.17, 15) is 14.9 Å². The van der Waals surface area contributed by atoms with E-state index in [1.807, 2.05) is 30.3 Å². The fraction of sp³-hybridized carbons (Fsp3) is 0.0625. The van der Waals surface area contributed by atoms with Crippen LogP contribution >= 0.6 is 34.7 Å². The van der Waals surface area contributed by atoms with Gasteiger partial charge in [-0.3, -0.25) is 14.9 Å². The minimum absolute atomic E-state index is 0.00341. The van der Waals surface area contributed by atoms with E-state index in [1.165, 1.54) is 41.3 Å². The van der Waals surface area contributed by atoms with Crippen LogP contribution in [0.3, 0.4) is 0 Å². The van der Waals surface area contributed by atoms with Gasteiger partial charge in [-0.1, -0.05) is 65.0 Å². The molecule has 0 saturated carbocycles. The predicted molar refractivity (Wildman–Crippen MR) is 106 cm³/mol. The van der Waals surface area contributed by atoms with Crippen molar-refractivity contribution in [3.8, 4) is 0 Å². The Morgan fingerprint density at radius 3 is 2.63 bits per heavy atom. The molecule has 0 aliphatic rings. The number of carbonyl (C=O) groups is 1. The zero-order chi connectivity index (χ0) is 19.4. The Morgan fingerprint density at radius 2 is 2.00 bits per heavy atom. The number of anilines is 2. The number of benzene rings is 2. The predicted octanol–water partition coefficient (Wildman–Crippen LogP) is 4.15. The van der Waals surface area contributed by atoms with Gasteiger partial charge in [-0.05, 0) is 17.7 Å². The summed E-state index contributed by atoms with van der Waals surface area (Å²) >= 11 is 8.18. The highest BCUT2D eigenvalue weighted by Crippen LogP contribution is 2.38. The van der Waals surface area contributed by atoms with Crippen molar-refractivity contribution in [2.75, 3.05) is 11.1 Å². The molecule has 1 aromatic heterocycles. The number of nitrogens with one attached hydrogen (secondary N) is 1. The molecule has 138 valence electrons. The molecule has 1 amide bonds. The number of nitro groups is 1. The summed E-state index contributed by atoms with van der Waals surface area (Å²) in [6.07, 6.45) is 0. The van der Waals surface area contributed by atoms with Gasteiger partial charge in [0.15, 0.2) is 4.34 Å². The third-order valence-corrected chi connectivity index (χ3v) is 5.80. The number of amides is 1. The van der Waals surface area contributed by atoms with Crippen LogP contribution in [0.4, 0.5) is 16.5 Å². The van der Waals surface area contributed by atoms with Crippen LogP contribution < -0.4 is 11.1 Å². The molecule has 1 atom stereocenters. The maximum absolute atomic E-state index is 12.9. The van der Waals surface area contributed by atoms with Crippen molar-refractivity contribution in [1.29, 1.82) is 0 Å². The quantitative estimate of drug-likeness (QED) is 0.348. The first-order valence-corrected chi connectivity index (χ1v) is 9.57. The Balaban J connectivity index is 1.87. The normalized spacial score (nSPS) is 11.7. The lowest BCUT2D eigenvalue weighted by Crippen LogP contribution is -2.19. The third kappa shape index (κ3) is 4.73. The van der Waals surface area contributed by atoms with E-state index in [-0.39, 0.29) is 22.3 Å². The summed E-state index contributed by atoms with van der Waals surface area (Å²) in [5.74, 6) is -0.364. The van der Waals surface area contributed by atoms with Gasteiger partial charge in [0.05, 0.1) is 4.92 Å². The van der Waals surface area contributed by atoms with Gasteiger partial charge in [0.1, 0.15) is 10.3 Å². The summed E-state index contributed by atoms with van der Waals surface area (Å²) < 4.78 is 0.540. The van der Waals surface area contributed by atoms with Crippen LogP contribution in [0.1, 0.15) is 10.8 Å². The monoisotopic (exact) mass is 421 g/mol. The molecule has 0 spiro atoms. The van der Waals surface area contributed by atoms with Gasteiger partial charge in [-0.25, -0.2) is 0 Å². The summed E-state index contributed by atoms with van der Waals surface area (Å²) in [6, 6.07) is 13.2. The van der Waals surface area contributed by atoms with Gasteiger partial charge >= 0.3 is 0 Å². The van der Waals surface area contributed by atoms with Crippen LogP contribution in [-0.2, 0) is 4.79 Å². The molecular weight excluding hydrogens is 410 g/mol. The molecule has 3 N–H and O–H groups in total. The Kier molecular flexibility index (Phi) is 5.89. The van der Waals surface area contributed by atoms with Crippen LogP contribution in [0.2, 0.25) is 5.02 Å². The van der Waals surface area contributed by atoms with Gasteiger partial charge in [0, 0.05) is 11.8 Å². The molecule has 11 heteroatoms. The summed E-state index contributed by atoms with van der Waals surface area (Å²) in [4.78, 5) is 23.3. The van der Waals surface area contributed by atoms with Crippen molar-refractivity contribution in [2.24, 2.45) is 0 Å². The number of nitro benzene ring substituents is 1. The third-order valence-electron chi connectivity index (χ3n) is 3.39. The summed E-state index contributed by atoms with van der Waals surface area (Å²) in [6.45, 7) is 0. The number of carbonyl (C=O) groups excluding carboxylic acids is 1. The Morgan fingerprint density at radius 1 is 1.26 bits per heavy atom. The minimum Gasteiger partial charge on any atom is -0.374 e. The molecule has 1 heterocycles. The lowest BCUT2D eigenvalue weighted by molar-refractivity contribution is -0.384. The molecule has 0 radical (unpaired) electrons. The first kappa shape index (κ1) is 19.1. The van der Waals surface area contributed by atoms with E-state index in [2.05, 4.69) is 15.5 Å². The average molecular weight is 422 g/mol. The van der Waals surface area contributed by atoms with Crippen molar-refractivity contribution in [2.45, 2.75) is 9.59 Å². The molecule has 0 saturated heterocycles. The first-order chi connectivity index (χ1) is 12.9. The highest BCUT2D eigenvalue weighted by Gasteiger charge is 2.25. The number of hydrogen-bond donors (Lipinski definition) is 2. The smallest absolute Gasteiger partial charge is 0.289 e. The van der Waals surface area contributed by atoms with Gasteiger partial charge in [0.25, 0.3) is 5.69 Å². The maximum Gasteiger partial charge on any atom is 0.289 e. The zero-order valence-corrected chi connectivity index (χ0v) is 15.9. The number of nitrogens with two attached hydrogens (primary N) is 1. The molecule has 0 aliphatic heterocycles. The van der Waals surface area contributed by atoms with E-state index in [4.69, 9.17) is 17.3 Å². The van der Waals surface area contributed by atoms with Crippen molar-refractivity contribution in [3.05, 3.63) is 69.2 Å². The Labute approximate surface area is 166 Å². The van der Waals surface area contributed by atoms with Crippen LogP contribution in [0.15, 0.2) is 52.9 Å². The van der Waals surface area contributed by atoms with Crippen LogP contribution in [-0.4, -0.2) is 21.0 Å². The molecule has 8 nitrogen and oxygen atoms in total. The zero-order valence-electron chi connectivity index (χ0n) is 13.5. The number of aromatic nitrogens is 2. The number of nitrogens with zero attached hydrogens (tertiary/aromatic N) is 3. The molecule has 0 aliphatic carbocycles. The van der Waals surface area contributed by atoms with E-state index >= 15 is 0 Å². The van der Waals surface area contributed by atoms with Gasteiger partial charge in [0.2, 0.25) is 11.0 Å². The summed E-state index contributed by atoms with van der Waals surface area (Å²) in [5, 5.41) is 21.1. The van der Waals surface area contributed by atoms with Gasteiger partial charge in [-0.15, -0.1) is 10.2 Å². The van der Waals surface area contributed by atoms with E-state index in [0.29, 0.717) is 9.47 Å². The SMILES string of the molecule is Nc1nnc(SC(C(=O)Nc2ccc(Cl)c([N+](=O)[O-])c2)c2ccccc2)s1. The van der Waals surface area contributed by atoms with Crippen molar-refractivity contribution >= 4 is 57.1 Å². The lowest BCUT2D eigenvalue weighted by Gasteiger charge is -2.15. The van der Waals surface area contributed by atoms with Gasteiger partial charge in [-0.2, -0.15) is 0 Å². The summed E-state index contributed by atoms with van der Waals surface area (Å²) in [5.41, 5.74) is 6.34. The summed E-state index contributed by atoms with van der Waals surface area (Å²) in [7, 11) is 0. The molecule has 1 unspecified atom stereocenters. The Bertz CT molecular complexity index is 983. The number of halogens is 1. The second-order valence-corrected chi connectivity index (χ2v) is 8.00. The fourth-order valence-corrected chi connectivity index (χ4v) is 4.22. The number of rotatable bonds is 6. The van der Waals surface area contributed by atoms with E-state index in [0.717, 1.165) is 5.56 Å². The number of hydrogen-bond acceptors (Lipinski definition) is 8. The lowest BCUT2D eigenvalue weighted by atomic mass is 10.1. The van der Waals surface area contributed by atoms with E-state index in [1.54, 1.807) is 0 Å². The topological polar surface area (TPSA) is 124 Å². The van der Waals surface area contributed by atoms with E-state index < -0.39 is 10.2 Å². The molecule has 3 rings (SSSR count). The Hall–Kier alpha value is -2.69. The van der Waals surface area contributed by atoms with Crippen molar-refractivity contribution < 1.29 is 9.72 Å². The second kappa shape index (κ2) is 8.33. The number of nitrogen functional groups attached to an aromatic ring is 1. The molecule has 3 aromatic rings. The maximum atomic E-state index is 12.9. The van der Waals surface area contributed by atoms with Crippen molar-refractivity contribution in [3.63, 3.8) is 0 Å².